The van der Waals surface area contributed by atoms with Crippen molar-refractivity contribution in [1.29, 1.82) is 0 Å². The van der Waals surface area contributed by atoms with Crippen LogP contribution in [0.5, 0.6) is 0 Å². The van der Waals surface area contributed by atoms with E-state index >= 15 is 0 Å². The van der Waals surface area contributed by atoms with Gasteiger partial charge in [0.2, 0.25) is 0 Å². The van der Waals surface area contributed by atoms with E-state index in [1.54, 1.807) is 0 Å². The van der Waals surface area contributed by atoms with Gasteiger partial charge in [0, 0.05) is 37.3 Å². The summed E-state index contributed by atoms with van der Waals surface area (Å²) >= 11 is 2.13. The van der Waals surface area contributed by atoms with Crippen LogP contribution in [0, 0.1) is 5.92 Å². The summed E-state index contributed by atoms with van der Waals surface area (Å²) in [6.07, 6.45) is 8.50. The minimum atomic E-state index is -2.88. The number of nitrogens with one attached hydrogen (secondary N) is 3. The summed E-state index contributed by atoms with van der Waals surface area (Å²) in [4.78, 5) is 2.59. The maximum absolute atomic E-state index is 11.8. The Kier molecular flexibility index (Phi) is 5.65. The third kappa shape index (κ3) is 4.19. The van der Waals surface area contributed by atoms with E-state index in [0.717, 1.165) is 44.1 Å². The molecule has 0 aromatic rings. The summed E-state index contributed by atoms with van der Waals surface area (Å²) in [5, 5.41) is 11.8. The number of thioether (sulfide) groups is 1. The van der Waals surface area contributed by atoms with Gasteiger partial charge in [0.1, 0.15) is 9.84 Å². The molecular weight excluding hydrogens is 356 g/mol. The zero-order chi connectivity index (χ0) is 17.4. The Morgan fingerprint density at radius 2 is 1.92 bits per heavy atom. The lowest BCUT2D eigenvalue weighted by Crippen LogP contribution is -2.66. The molecule has 3 saturated heterocycles. The van der Waals surface area contributed by atoms with Crippen LogP contribution >= 0.6 is 11.8 Å². The number of hydrogen-bond acceptors (Lipinski definition) is 7. The molecule has 4 aliphatic rings. The topological polar surface area (TPSA) is 73.5 Å². The molecule has 0 aromatic heterocycles. The van der Waals surface area contributed by atoms with Crippen LogP contribution in [0.4, 0.5) is 0 Å². The molecule has 1 aliphatic carbocycles. The van der Waals surface area contributed by atoms with Crippen LogP contribution < -0.4 is 16.0 Å². The SMILES string of the molecule is CS(=O)(=O)C1CCC(C2NCC3NCN(CC4CCCS4)C3N2)CC1. The van der Waals surface area contributed by atoms with E-state index in [1.165, 1.54) is 31.4 Å². The number of hydrogen-bond donors (Lipinski definition) is 3. The molecule has 25 heavy (non-hydrogen) atoms. The number of nitrogens with zero attached hydrogens (tertiary/aromatic N) is 1. The second kappa shape index (κ2) is 7.64. The number of fused-ring (bicyclic) bond motifs is 1. The Balaban J connectivity index is 1.32. The van der Waals surface area contributed by atoms with Gasteiger partial charge in [-0.15, -0.1) is 0 Å². The second-order valence-corrected chi connectivity index (χ2v) is 12.0. The molecule has 4 unspecified atom stereocenters. The molecule has 1 saturated carbocycles. The highest BCUT2D eigenvalue weighted by atomic mass is 32.2. The fourth-order valence-electron chi connectivity index (χ4n) is 4.98. The predicted octanol–water partition coefficient (Wildman–Crippen LogP) is 0.562. The molecule has 4 atom stereocenters. The normalized spacial score (nSPS) is 43.2. The minimum Gasteiger partial charge on any atom is -0.300 e. The van der Waals surface area contributed by atoms with Gasteiger partial charge >= 0.3 is 0 Å². The van der Waals surface area contributed by atoms with Crippen molar-refractivity contribution >= 4 is 21.6 Å². The molecule has 4 rings (SSSR count). The minimum absolute atomic E-state index is 0.121. The molecule has 0 radical (unpaired) electrons. The zero-order valence-electron chi connectivity index (χ0n) is 15.1. The highest BCUT2D eigenvalue weighted by molar-refractivity contribution is 8.00. The van der Waals surface area contributed by atoms with E-state index in [2.05, 4.69) is 32.6 Å². The van der Waals surface area contributed by atoms with Crippen LogP contribution in [-0.4, -0.2) is 74.0 Å². The van der Waals surface area contributed by atoms with Crippen LogP contribution in [0.25, 0.3) is 0 Å². The fraction of sp³-hybridized carbons (Fsp3) is 1.00. The van der Waals surface area contributed by atoms with Gasteiger partial charge in [-0.05, 0) is 50.2 Å². The van der Waals surface area contributed by atoms with Crippen LogP contribution in [0.15, 0.2) is 0 Å². The molecule has 4 fully saturated rings. The molecule has 144 valence electrons. The van der Waals surface area contributed by atoms with E-state index in [4.69, 9.17) is 0 Å². The number of sulfone groups is 1. The quantitative estimate of drug-likeness (QED) is 0.650. The van der Waals surface area contributed by atoms with Gasteiger partial charge in [-0.2, -0.15) is 11.8 Å². The Morgan fingerprint density at radius 3 is 2.60 bits per heavy atom. The highest BCUT2D eigenvalue weighted by Crippen LogP contribution is 2.32. The largest absolute Gasteiger partial charge is 0.300 e. The van der Waals surface area contributed by atoms with Gasteiger partial charge in [-0.25, -0.2) is 8.42 Å². The van der Waals surface area contributed by atoms with Crippen LogP contribution in [0.2, 0.25) is 0 Å². The average Bonchev–Trinajstić information content (AvgIpc) is 3.24. The van der Waals surface area contributed by atoms with Crippen molar-refractivity contribution in [2.45, 2.75) is 67.4 Å². The lowest BCUT2D eigenvalue weighted by molar-refractivity contribution is 0.113. The predicted molar refractivity (Wildman–Crippen MR) is 103 cm³/mol. The van der Waals surface area contributed by atoms with Crippen molar-refractivity contribution < 1.29 is 8.42 Å². The van der Waals surface area contributed by atoms with Crippen molar-refractivity contribution in [2.24, 2.45) is 5.92 Å². The highest BCUT2D eigenvalue weighted by Gasteiger charge is 2.42. The summed E-state index contributed by atoms with van der Waals surface area (Å²) in [6.45, 7) is 3.16. The van der Waals surface area contributed by atoms with Crippen molar-refractivity contribution in [3.05, 3.63) is 0 Å². The van der Waals surface area contributed by atoms with Crippen molar-refractivity contribution in [1.82, 2.24) is 20.9 Å². The van der Waals surface area contributed by atoms with Gasteiger partial charge in [0.25, 0.3) is 0 Å². The Bertz CT molecular complexity index is 559. The first kappa shape index (κ1) is 18.5. The van der Waals surface area contributed by atoms with Crippen molar-refractivity contribution in [3.8, 4) is 0 Å². The molecule has 3 N–H and O–H groups in total. The van der Waals surface area contributed by atoms with Gasteiger partial charge in [0.15, 0.2) is 0 Å². The van der Waals surface area contributed by atoms with E-state index in [9.17, 15) is 8.42 Å². The zero-order valence-corrected chi connectivity index (χ0v) is 16.7. The van der Waals surface area contributed by atoms with Gasteiger partial charge < -0.3 is 0 Å². The molecule has 0 amide bonds. The summed E-state index contributed by atoms with van der Waals surface area (Å²) in [6, 6.07) is 0.481. The standard InChI is InChI=1S/C17H32N4O2S2/c1-25(22,23)14-6-4-12(5-7-14)16-18-9-15-17(20-16)21(11-19-15)10-13-3-2-8-24-13/h12-20H,2-11H2,1H3. The average molecular weight is 389 g/mol. The second-order valence-electron chi connectivity index (χ2n) is 8.24. The third-order valence-corrected chi connectivity index (χ3v) is 9.56. The smallest absolute Gasteiger partial charge is 0.150 e. The maximum atomic E-state index is 11.8. The molecule has 6 nitrogen and oxygen atoms in total. The molecule has 8 heteroatoms. The first-order valence-corrected chi connectivity index (χ1v) is 12.8. The maximum Gasteiger partial charge on any atom is 0.150 e. The molecule has 3 heterocycles. The van der Waals surface area contributed by atoms with Crippen LogP contribution in [0.1, 0.15) is 38.5 Å². The molecule has 0 aromatic carbocycles. The fourth-order valence-corrected chi connectivity index (χ4v) is 7.41. The first-order chi connectivity index (χ1) is 12.0. The Morgan fingerprint density at radius 1 is 1.12 bits per heavy atom. The van der Waals surface area contributed by atoms with Crippen LogP contribution in [-0.2, 0) is 9.84 Å². The van der Waals surface area contributed by atoms with Crippen LogP contribution in [0.3, 0.4) is 0 Å². The van der Waals surface area contributed by atoms with Crippen molar-refractivity contribution in [3.63, 3.8) is 0 Å². The summed E-state index contributed by atoms with van der Waals surface area (Å²) in [5.74, 6) is 1.86. The summed E-state index contributed by atoms with van der Waals surface area (Å²) in [5.41, 5.74) is 0. The lowest BCUT2D eigenvalue weighted by Gasteiger charge is -2.43. The van der Waals surface area contributed by atoms with Gasteiger partial charge in [-0.1, -0.05) is 0 Å². The van der Waals surface area contributed by atoms with Gasteiger partial charge in [0.05, 0.1) is 17.6 Å². The first-order valence-electron chi connectivity index (χ1n) is 9.78. The Labute approximate surface area is 156 Å². The van der Waals surface area contributed by atoms with E-state index in [0.29, 0.717) is 24.3 Å². The van der Waals surface area contributed by atoms with Gasteiger partial charge in [-0.3, -0.25) is 20.9 Å². The number of rotatable bonds is 4. The molecule has 0 bridgehead atoms. The lowest BCUT2D eigenvalue weighted by atomic mass is 9.85. The third-order valence-electron chi connectivity index (χ3n) is 6.50. The Hall–Kier alpha value is 0.140. The molecular formula is C17H32N4O2S2. The molecule has 3 aliphatic heterocycles. The van der Waals surface area contributed by atoms with E-state index < -0.39 is 9.84 Å². The van der Waals surface area contributed by atoms with E-state index in [1.807, 2.05) is 0 Å². The monoisotopic (exact) mass is 388 g/mol. The summed E-state index contributed by atoms with van der Waals surface area (Å²) < 4.78 is 23.6. The van der Waals surface area contributed by atoms with Crippen molar-refractivity contribution in [2.75, 3.05) is 31.8 Å². The summed E-state index contributed by atoms with van der Waals surface area (Å²) in [7, 11) is -2.88. The van der Waals surface area contributed by atoms with E-state index in [-0.39, 0.29) is 5.25 Å². The molecule has 0 spiro atoms.